The quantitative estimate of drug-likeness (QED) is 0.447. The number of carbonyl (C=O) groups is 1. The Morgan fingerprint density at radius 1 is 1.57 bits per heavy atom. The van der Waals surface area contributed by atoms with Crippen molar-refractivity contribution in [3.05, 3.63) is 39.9 Å². The van der Waals surface area contributed by atoms with E-state index in [1.165, 1.54) is 18.2 Å². The summed E-state index contributed by atoms with van der Waals surface area (Å²) in [7, 11) is 0. The lowest BCUT2D eigenvalue weighted by Crippen LogP contribution is -2.11. The second-order valence-corrected chi connectivity index (χ2v) is 2.47. The second kappa shape index (κ2) is 4.58. The number of hydrogen-bond acceptors (Lipinski definition) is 6. The van der Waals surface area contributed by atoms with Crippen molar-refractivity contribution in [2.45, 2.75) is 0 Å². The van der Waals surface area contributed by atoms with Crippen molar-refractivity contribution in [1.29, 1.82) is 0 Å². The Balaban J connectivity index is 2.93. The Kier molecular flexibility index (Phi) is 3.43. The van der Waals surface area contributed by atoms with Crippen LogP contribution in [0.2, 0.25) is 0 Å². The molecule has 7 heteroatoms. The molecule has 0 aliphatic carbocycles. The first-order chi connectivity index (χ1) is 6.65. The molecular formula is C7H6N2O4S. The van der Waals surface area contributed by atoms with Gasteiger partial charge in [0, 0.05) is 12.1 Å². The van der Waals surface area contributed by atoms with Crippen LogP contribution in [-0.4, -0.2) is 10.9 Å². The van der Waals surface area contributed by atoms with Crippen LogP contribution in [0.1, 0.15) is 10.4 Å². The second-order valence-electron chi connectivity index (χ2n) is 2.29. The van der Waals surface area contributed by atoms with Gasteiger partial charge in [-0.3, -0.25) is 10.1 Å². The first kappa shape index (κ1) is 10.5. The average Bonchev–Trinajstić information content (AvgIpc) is 2.18. The number of benzene rings is 1. The highest BCUT2D eigenvalue weighted by molar-refractivity contribution is 7.77. The van der Waals surface area contributed by atoms with E-state index >= 15 is 0 Å². The highest BCUT2D eigenvalue weighted by Crippen LogP contribution is 2.13. The van der Waals surface area contributed by atoms with E-state index < -0.39 is 10.9 Å². The van der Waals surface area contributed by atoms with Gasteiger partial charge in [0.25, 0.3) is 5.69 Å². The van der Waals surface area contributed by atoms with Crippen molar-refractivity contribution in [2.75, 3.05) is 0 Å². The van der Waals surface area contributed by atoms with Gasteiger partial charge in [-0.05, 0) is 6.07 Å². The summed E-state index contributed by atoms with van der Waals surface area (Å²) in [5.41, 5.74) is -0.0839. The van der Waals surface area contributed by atoms with E-state index in [9.17, 15) is 14.9 Å². The molecule has 6 nitrogen and oxygen atoms in total. The summed E-state index contributed by atoms with van der Waals surface area (Å²) in [6.45, 7) is 0. The molecular weight excluding hydrogens is 208 g/mol. The Morgan fingerprint density at radius 2 is 2.29 bits per heavy atom. The van der Waals surface area contributed by atoms with Gasteiger partial charge in [0.15, 0.2) is 0 Å². The third kappa shape index (κ3) is 2.44. The topological polar surface area (TPSA) is 81.5 Å². The summed E-state index contributed by atoms with van der Waals surface area (Å²) >= 11 is 3.45. The van der Waals surface area contributed by atoms with E-state index in [4.69, 9.17) is 0 Å². The van der Waals surface area contributed by atoms with Gasteiger partial charge in [-0.15, -0.1) is 0 Å². The minimum atomic E-state index is -0.733. The van der Waals surface area contributed by atoms with Crippen molar-refractivity contribution in [3.8, 4) is 0 Å². The summed E-state index contributed by atoms with van der Waals surface area (Å²) in [4.78, 5) is 27.0. The zero-order valence-electron chi connectivity index (χ0n) is 6.84. The van der Waals surface area contributed by atoms with Crippen LogP contribution in [0.25, 0.3) is 0 Å². The minimum Gasteiger partial charge on any atom is -0.356 e. The van der Waals surface area contributed by atoms with Crippen LogP contribution in [0, 0.1) is 10.1 Å². The van der Waals surface area contributed by atoms with Crippen molar-refractivity contribution in [3.63, 3.8) is 0 Å². The van der Waals surface area contributed by atoms with Gasteiger partial charge in [0.05, 0.1) is 10.5 Å². The van der Waals surface area contributed by atoms with Crippen LogP contribution in [0.5, 0.6) is 0 Å². The normalized spacial score (nSPS) is 9.50. The number of carbonyl (C=O) groups excluding carboxylic acids is 1. The molecule has 1 rings (SSSR count). The van der Waals surface area contributed by atoms with Crippen molar-refractivity contribution in [2.24, 2.45) is 0 Å². The molecule has 1 N–H and O–H groups in total. The Labute approximate surface area is 84.5 Å². The number of nitro groups is 1. The lowest BCUT2D eigenvalue weighted by atomic mass is 10.2. The Morgan fingerprint density at radius 3 is 2.86 bits per heavy atom. The molecule has 0 saturated heterocycles. The molecule has 0 aliphatic heterocycles. The molecule has 0 saturated carbocycles. The van der Waals surface area contributed by atoms with Crippen LogP contribution in [0.15, 0.2) is 24.3 Å². The summed E-state index contributed by atoms with van der Waals surface area (Å²) in [6, 6.07) is 5.20. The maximum atomic E-state index is 11.1. The average molecular weight is 214 g/mol. The fourth-order valence-electron chi connectivity index (χ4n) is 0.847. The lowest BCUT2D eigenvalue weighted by molar-refractivity contribution is -0.384. The Hall–Kier alpha value is -1.60. The van der Waals surface area contributed by atoms with Gasteiger partial charge in [-0.1, -0.05) is 23.8 Å². The highest BCUT2D eigenvalue weighted by atomic mass is 32.1. The van der Waals surface area contributed by atoms with Gasteiger partial charge < -0.3 is 4.84 Å². The van der Waals surface area contributed by atoms with Gasteiger partial charge in [0.1, 0.15) is 0 Å². The maximum absolute atomic E-state index is 11.1. The highest BCUT2D eigenvalue weighted by Gasteiger charge is 2.11. The lowest BCUT2D eigenvalue weighted by Gasteiger charge is -1.99. The molecule has 0 aromatic heterocycles. The molecule has 0 unspecified atom stereocenters. The summed E-state index contributed by atoms with van der Waals surface area (Å²) in [6.07, 6.45) is 0. The van der Waals surface area contributed by atoms with E-state index in [1.54, 1.807) is 0 Å². The zero-order valence-corrected chi connectivity index (χ0v) is 7.73. The SMILES string of the molecule is O=C(ONS)c1cccc([N+](=O)[O-])c1. The van der Waals surface area contributed by atoms with E-state index in [1.807, 2.05) is 4.89 Å². The molecule has 0 spiro atoms. The molecule has 0 amide bonds. The predicted octanol–water partition coefficient (Wildman–Crippen LogP) is 1.10. The number of nitrogens with one attached hydrogen (secondary N) is 1. The number of non-ortho nitro benzene ring substituents is 1. The van der Waals surface area contributed by atoms with E-state index in [-0.39, 0.29) is 11.3 Å². The summed E-state index contributed by atoms with van der Waals surface area (Å²) < 4.78 is 0. The molecule has 0 atom stereocenters. The number of nitrogens with zero attached hydrogens (tertiary/aromatic N) is 1. The molecule has 0 aliphatic rings. The smallest absolute Gasteiger partial charge is 0.356 e. The first-order valence-electron chi connectivity index (χ1n) is 3.50. The van der Waals surface area contributed by atoms with Crippen LogP contribution >= 0.6 is 12.8 Å². The van der Waals surface area contributed by atoms with Crippen LogP contribution < -0.4 is 4.89 Å². The first-order valence-corrected chi connectivity index (χ1v) is 3.94. The molecule has 1 aromatic carbocycles. The Bertz CT molecular complexity index is 368. The largest absolute Gasteiger partial charge is 0.357 e. The number of hydrogen-bond donors (Lipinski definition) is 2. The maximum Gasteiger partial charge on any atom is 0.357 e. The van der Waals surface area contributed by atoms with Crippen molar-refractivity contribution < 1.29 is 14.6 Å². The molecule has 0 radical (unpaired) electrons. The molecule has 14 heavy (non-hydrogen) atoms. The molecule has 0 fully saturated rings. The number of nitro benzene ring substituents is 1. The van der Waals surface area contributed by atoms with E-state index in [0.29, 0.717) is 0 Å². The number of rotatable bonds is 3. The van der Waals surface area contributed by atoms with Gasteiger partial charge >= 0.3 is 5.97 Å². The molecule has 0 heterocycles. The molecule has 74 valence electrons. The monoisotopic (exact) mass is 214 g/mol. The van der Waals surface area contributed by atoms with Gasteiger partial charge in [-0.25, -0.2) is 4.79 Å². The standard InChI is InChI=1S/C7H6N2O4S/c10-7(13-8-14)5-2-1-3-6(4-5)9(11)12/h1-4,8,14H. The summed E-state index contributed by atoms with van der Waals surface area (Å²) in [5.74, 6) is -0.733. The van der Waals surface area contributed by atoms with E-state index in [0.717, 1.165) is 6.07 Å². The number of thiol groups is 1. The third-order valence-corrected chi connectivity index (χ3v) is 1.52. The van der Waals surface area contributed by atoms with Crippen molar-refractivity contribution in [1.82, 2.24) is 4.89 Å². The zero-order chi connectivity index (χ0) is 10.6. The van der Waals surface area contributed by atoms with Gasteiger partial charge in [-0.2, -0.15) is 0 Å². The van der Waals surface area contributed by atoms with E-state index in [2.05, 4.69) is 17.7 Å². The predicted molar refractivity (Wildman–Crippen MR) is 50.6 cm³/mol. The minimum absolute atomic E-state index is 0.0840. The third-order valence-electron chi connectivity index (χ3n) is 1.43. The fraction of sp³-hybridized carbons (Fsp3) is 0. The van der Waals surface area contributed by atoms with Crippen LogP contribution in [0.3, 0.4) is 0 Å². The van der Waals surface area contributed by atoms with Gasteiger partial charge in [0.2, 0.25) is 0 Å². The van der Waals surface area contributed by atoms with Crippen molar-refractivity contribution >= 4 is 24.5 Å². The summed E-state index contributed by atoms with van der Waals surface area (Å²) in [5, 5.41) is 10.4. The molecule has 1 aromatic rings. The fourth-order valence-corrected chi connectivity index (χ4v) is 0.930. The van der Waals surface area contributed by atoms with Crippen LogP contribution in [-0.2, 0) is 4.84 Å². The molecule has 0 bridgehead atoms. The van der Waals surface area contributed by atoms with Crippen LogP contribution in [0.4, 0.5) is 5.69 Å².